The Bertz CT molecular complexity index is 796. The van der Waals surface area contributed by atoms with Crippen LogP contribution in [0.25, 0.3) is 0 Å². The topological polar surface area (TPSA) is 108 Å². The van der Waals surface area contributed by atoms with Gasteiger partial charge in [0, 0.05) is 5.69 Å². The Morgan fingerprint density at radius 2 is 1.68 bits per heavy atom. The zero-order valence-electron chi connectivity index (χ0n) is 13.2. The third-order valence-electron chi connectivity index (χ3n) is 3.26. The number of amides is 3. The van der Waals surface area contributed by atoms with E-state index in [2.05, 4.69) is 10.6 Å². The van der Waals surface area contributed by atoms with Crippen LogP contribution in [0.1, 0.15) is 17.3 Å². The van der Waals surface area contributed by atoms with Crippen molar-refractivity contribution in [3.8, 4) is 0 Å². The van der Waals surface area contributed by atoms with Gasteiger partial charge in [-0.3, -0.25) is 9.59 Å². The van der Waals surface area contributed by atoms with E-state index in [4.69, 9.17) is 16.7 Å². The van der Waals surface area contributed by atoms with E-state index in [-0.39, 0.29) is 16.3 Å². The Balaban J connectivity index is 2.22. The second-order valence-electron chi connectivity index (χ2n) is 5.14. The number of para-hydroxylation sites is 1. The molecule has 130 valence electrons. The van der Waals surface area contributed by atoms with Crippen LogP contribution in [0.5, 0.6) is 0 Å². The van der Waals surface area contributed by atoms with Gasteiger partial charge in [-0.15, -0.1) is 0 Å². The second kappa shape index (κ2) is 8.16. The van der Waals surface area contributed by atoms with Crippen LogP contribution in [-0.4, -0.2) is 29.1 Å². The van der Waals surface area contributed by atoms with Crippen molar-refractivity contribution in [3.05, 3.63) is 59.1 Å². The Morgan fingerprint density at radius 3 is 2.32 bits per heavy atom. The SMILES string of the molecule is CC(NC(=O)O)C(=O)Nc1cccc(Cl)c1C(=O)Nc1ccccc1. The lowest BCUT2D eigenvalue weighted by Crippen LogP contribution is -2.41. The molecule has 2 rings (SSSR count). The Hall–Kier alpha value is -3.06. The van der Waals surface area contributed by atoms with E-state index < -0.39 is 23.9 Å². The number of carbonyl (C=O) groups is 3. The van der Waals surface area contributed by atoms with Gasteiger partial charge in [-0.1, -0.05) is 35.9 Å². The van der Waals surface area contributed by atoms with E-state index in [1.54, 1.807) is 30.3 Å². The first-order chi connectivity index (χ1) is 11.9. The van der Waals surface area contributed by atoms with Gasteiger partial charge in [0.1, 0.15) is 6.04 Å². The third kappa shape index (κ3) is 4.95. The van der Waals surface area contributed by atoms with Crippen molar-refractivity contribution in [2.24, 2.45) is 0 Å². The Labute approximate surface area is 149 Å². The molecule has 7 nitrogen and oxygen atoms in total. The fourth-order valence-corrected chi connectivity index (χ4v) is 2.33. The summed E-state index contributed by atoms with van der Waals surface area (Å²) >= 11 is 6.12. The molecule has 0 radical (unpaired) electrons. The van der Waals surface area contributed by atoms with Gasteiger partial charge in [-0.05, 0) is 31.2 Å². The van der Waals surface area contributed by atoms with Gasteiger partial charge in [0.25, 0.3) is 5.91 Å². The predicted octanol–water partition coefficient (Wildman–Crippen LogP) is 3.19. The summed E-state index contributed by atoms with van der Waals surface area (Å²) in [5, 5.41) is 16.1. The molecule has 1 atom stereocenters. The summed E-state index contributed by atoms with van der Waals surface area (Å²) in [5.41, 5.74) is 0.847. The lowest BCUT2D eigenvalue weighted by atomic mass is 10.1. The number of hydrogen-bond donors (Lipinski definition) is 4. The van der Waals surface area contributed by atoms with Crippen molar-refractivity contribution in [3.63, 3.8) is 0 Å². The molecular weight excluding hydrogens is 346 g/mol. The van der Waals surface area contributed by atoms with Crippen molar-refractivity contribution < 1.29 is 19.5 Å². The molecule has 8 heteroatoms. The molecule has 0 aliphatic carbocycles. The fourth-order valence-electron chi connectivity index (χ4n) is 2.07. The van der Waals surface area contributed by atoms with E-state index in [0.29, 0.717) is 5.69 Å². The zero-order chi connectivity index (χ0) is 18.4. The number of carbonyl (C=O) groups excluding carboxylic acids is 2. The Morgan fingerprint density at radius 1 is 1.00 bits per heavy atom. The van der Waals surface area contributed by atoms with Crippen LogP contribution in [0.2, 0.25) is 5.02 Å². The Kier molecular flexibility index (Phi) is 5.97. The first kappa shape index (κ1) is 18.3. The molecular formula is C17H16ClN3O4. The number of benzene rings is 2. The third-order valence-corrected chi connectivity index (χ3v) is 3.58. The largest absolute Gasteiger partial charge is 0.465 e. The van der Waals surface area contributed by atoms with E-state index >= 15 is 0 Å². The molecule has 0 aliphatic heterocycles. The molecule has 3 amide bonds. The predicted molar refractivity (Wildman–Crippen MR) is 95.1 cm³/mol. The molecule has 0 fully saturated rings. The number of rotatable bonds is 5. The number of carboxylic acid groups (broad SMARTS) is 1. The molecule has 0 saturated heterocycles. The minimum absolute atomic E-state index is 0.0869. The highest BCUT2D eigenvalue weighted by Gasteiger charge is 2.20. The van der Waals surface area contributed by atoms with Crippen molar-refractivity contribution >= 4 is 40.9 Å². The van der Waals surface area contributed by atoms with Gasteiger partial charge in [0.15, 0.2) is 0 Å². The van der Waals surface area contributed by atoms with Crippen LogP contribution >= 0.6 is 11.6 Å². The van der Waals surface area contributed by atoms with E-state index in [1.165, 1.54) is 19.1 Å². The number of hydrogen-bond acceptors (Lipinski definition) is 3. The molecule has 1 unspecified atom stereocenters. The minimum atomic E-state index is -1.32. The van der Waals surface area contributed by atoms with Gasteiger partial charge in [0.2, 0.25) is 5.91 Å². The molecule has 0 heterocycles. The molecule has 25 heavy (non-hydrogen) atoms. The highest BCUT2D eigenvalue weighted by Crippen LogP contribution is 2.25. The van der Waals surface area contributed by atoms with E-state index in [1.807, 2.05) is 11.4 Å². The minimum Gasteiger partial charge on any atom is -0.465 e. The molecule has 2 aromatic rings. The van der Waals surface area contributed by atoms with E-state index in [0.717, 1.165) is 0 Å². The summed E-state index contributed by atoms with van der Waals surface area (Å²) in [4.78, 5) is 35.2. The van der Waals surface area contributed by atoms with Crippen molar-refractivity contribution in [1.29, 1.82) is 0 Å². The summed E-state index contributed by atoms with van der Waals surface area (Å²) in [6.45, 7) is 1.39. The average Bonchev–Trinajstić information content (AvgIpc) is 2.55. The lowest BCUT2D eigenvalue weighted by molar-refractivity contribution is -0.117. The van der Waals surface area contributed by atoms with Crippen molar-refractivity contribution in [2.45, 2.75) is 13.0 Å². The monoisotopic (exact) mass is 361 g/mol. The quantitative estimate of drug-likeness (QED) is 0.655. The van der Waals surface area contributed by atoms with Crippen molar-refractivity contribution in [2.75, 3.05) is 10.6 Å². The maximum atomic E-state index is 12.5. The molecule has 0 saturated carbocycles. The van der Waals surface area contributed by atoms with Gasteiger partial charge in [-0.2, -0.15) is 0 Å². The molecule has 0 spiro atoms. The molecule has 0 bridgehead atoms. The lowest BCUT2D eigenvalue weighted by Gasteiger charge is -2.15. The van der Waals surface area contributed by atoms with Crippen LogP contribution < -0.4 is 16.0 Å². The molecule has 4 N–H and O–H groups in total. The zero-order valence-corrected chi connectivity index (χ0v) is 14.0. The number of anilines is 2. The number of nitrogens with one attached hydrogen (secondary N) is 3. The maximum Gasteiger partial charge on any atom is 0.405 e. The summed E-state index contributed by atoms with van der Waals surface area (Å²) in [5.74, 6) is -1.11. The van der Waals surface area contributed by atoms with Crippen LogP contribution in [0.15, 0.2) is 48.5 Å². The summed E-state index contributed by atoms with van der Waals surface area (Å²) < 4.78 is 0. The highest BCUT2D eigenvalue weighted by molar-refractivity contribution is 6.35. The van der Waals surface area contributed by atoms with Gasteiger partial charge in [0.05, 0.1) is 16.3 Å². The van der Waals surface area contributed by atoms with Crippen molar-refractivity contribution in [1.82, 2.24) is 5.32 Å². The van der Waals surface area contributed by atoms with Crippen LogP contribution in [-0.2, 0) is 4.79 Å². The average molecular weight is 362 g/mol. The molecule has 0 aliphatic rings. The van der Waals surface area contributed by atoms with Gasteiger partial charge in [-0.25, -0.2) is 4.79 Å². The van der Waals surface area contributed by atoms with Gasteiger partial charge >= 0.3 is 6.09 Å². The van der Waals surface area contributed by atoms with Crippen LogP contribution in [0.3, 0.4) is 0 Å². The molecule has 2 aromatic carbocycles. The maximum absolute atomic E-state index is 12.5. The fraction of sp³-hybridized carbons (Fsp3) is 0.118. The molecule has 0 aromatic heterocycles. The van der Waals surface area contributed by atoms with Crippen LogP contribution in [0, 0.1) is 0 Å². The number of halogens is 1. The van der Waals surface area contributed by atoms with Crippen LogP contribution in [0.4, 0.5) is 16.2 Å². The normalized spacial score (nSPS) is 11.3. The standard InChI is InChI=1S/C17H16ClN3O4/c1-10(19-17(24)25)15(22)21-13-9-5-8-12(18)14(13)16(23)20-11-6-3-2-4-7-11/h2-10,19H,1H3,(H,20,23)(H,21,22)(H,24,25). The summed E-state index contributed by atoms with van der Waals surface area (Å²) in [7, 11) is 0. The summed E-state index contributed by atoms with van der Waals surface area (Å²) in [6, 6.07) is 12.4. The smallest absolute Gasteiger partial charge is 0.405 e. The van der Waals surface area contributed by atoms with Gasteiger partial charge < -0.3 is 21.1 Å². The first-order valence-corrected chi connectivity index (χ1v) is 7.71. The summed E-state index contributed by atoms with van der Waals surface area (Å²) in [6.07, 6.45) is -1.32. The second-order valence-corrected chi connectivity index (χ2v) is 5.55. The highest BCUT2D eigenvalue weighted by atomic mass is 35.5. The first-order valence-electron chi connectivity index (χ1n) is 7.33. The van der Waals surface area contributed by atoms with E-state index in [9.17, 15) is 14.4 Å².